The summed E-state index contributed by atoms with van der Waals surface area (Å²) < 4.78 is 0. The average Bonchev–Trinajstić information content (AvgIpc) is 2.30. The summed E-state index contributed by atoms with van der Waals surface area (Å²) in [4.78, 5) is 2.38. The molecular weight excluding hydrogens is 269 g/mol. The molecule has 0 spiro atoms. The lowest BCUT2D eigenvalue weighted by molar-refractivity contribution is 0.194. The highest BCUT2D eigenvalue weighted by molar-refractivity contribution is 6.39. The normalized spacial score (nSPS) is 20.9. The van der Waals surface area contributed by atoms with E-state index in [0.717, 1.165) is 18.8 Å². The number of piperidine rings is 1. The molecule has 1 aromatic rings. The molecule has 0 aliphatic carbocycles. The van der Waals surface area contributed by atoms with E-state index in [1.807, 2.05) is 0 Å². The van der Waals surface area contributed by atoms with E-state index in [9.17, 15) is 0 Å². The van der Waals surface area contributed by atoms with E-state index in [-0.39, 0.29) is 0 Å². The van der Waals surface area contributed by atoms with Crippen molar-refractivity contribution in [3.8, 4) is 0 Å². The lowest BCUT2D eigenvalue weighted by Gasteiger charge is -2.33. The minimum Gasteiger partial charge on any atom is -0.399 e. The third-order valence-electron chi connectivity index (χ3n) is 3.50. The summed E-state index contributed by atoms with van der Waals surface area (Å²) in [6.07, 6.45) is 3.80. The number of anilines is 2. The van der Waals surface area contributed by atoms with Gasteiger partial charge in [-0.25, -0.2) is 0 Å². The molecule has 18 heavy (non-hydrogen) atoms. The lowest BCUT2D eigenvalue weighted by Crippen LogP contribution is -2.40. The summed E-state index contributed by atoms with van der Waals surface area (Å²) in [6.45, 7) is 2.02. The number of nitrogens with zero attached hydrogens (tertiary/aromatic N) is 1. The van der Waals surface area contributed by atoms with E-state index in [4.69, 9.17) is 28.9 Å². The molecule has 3 N–H and O–H groups in total. The van der Waals surface area contributed by atoms with Gasteiger partial charge in [-0.05, 0) is 38.6 Å². The highest BCUT2D eigenvalue weighted by Crippen LogP contribution is 2.33. The van der Waals surface area contributed by atoms with E-state index in [1.54, 1.807) is 12.1 Å². The van der Waals surface area contributed by atoms with Crippen LogP contribution >= 0.6 is 23.2 Å². The number of hydrogen-bond donors (Lipinski definition) is 2. The fraction of sp³-hybridized carbons (Fsp3) is 0.538. The first-order valence-corrected chi connectivity index (χ1v) is 7.02. The van der Waals surface area contributed by atoms with Gasteiger partial charge in [-0.1, -0.05) is 29.6 Å². The molecule has 1 heterocycles. The van der Waals surface area contributed by atoms with Gasteiger partial charge in [0.25, 0.3) is 0 Å². The number of benzene rings is 1. The Hall–Kier alpha value is -0.640. The molecule has 1 unspecified atom stereocenters. The first-order chi connectivity index (χ1) is 8.58. The van der Waals surface area contributed by atoms with Crippen LogP contribution in [0.2, 0.25) is 10.0 Å². The molecule has 1 aromatic carbocycles. The Bertz CT molecular complexity index is 400. The Morgan fingerprint density at radius 3 is 2.61 bits per heavy atom. The fourth-order valence-electron chi connectivity index (χ4n) is 2.38. The summed E-state index contributed by atoms with van der Waals surface area (Å²) in [6, 6.07) is 3.99. The predicted octanol–water partition coefficient (Wildman–Crippen LogP) is 3.47. The third-order valence-corrected chi connectivity index (χ3v) is 4.10. The summed E-state index contributed by atoms with van der Waals surface area (Å²) >= 11 is 12.3. The van der Waals surface area contributed by atoms with Gasteiger partial charge in [0.1, 0.15) is 0 Å². The van der Waals surface area contributed by atoms with Crippen molar-refractivity contribution in [1.29, 1.82) is 0 Å². The van der Waals surface area contributed by atoms with Crippen molar-refractivity contribution in [2.75, 3.05) is 31.2 Å². The van der Waals surface area contributed by atoms with Crippen LogP contribution in [0.25, 0.3) is 0 Å². The summed E-state index contributed by atoms with van der Waals surface area (Å²) in [5, 5.41) is 4.51. The standard InChI is InChI=1S/C13H19Cl2N3/c1-18-5-3-2-4-10(18)8-17-13-11(14)6-9(16)7-12(13)15/h6-7,10,17H,2-5,8,16H2,1H3. The number of nitrogens with one attached hydrogen (secondary N) is 1. The average molecular weight is 288 g/mol. The molecule has 0 aromatic heterocycles. The SMILES string of the molecule is CN1CCCCC1CNc1c(Cl)cc(N)cc1Cl. The Labute approximate surface area is 118 Å². The number of likely N-dealkylation sites (N-methyl/N-ethyl adjacent to an activating group) is 1. The van der Waals surface area contributed by atoms with Crippen molar-refractivity contribution in [2.24, 2.45) is 0 Å². The van der Waals surface area contributed by atoms with Crippen LogP contribution in [0.3, 0.4) is 0 Å². The van der Waals surface area contributed by atoms with Crippen LogP contribution in [-0.4, -0.2) is 31.1 Å². The van der Waals surface area contributed by atoms with Crippen LogP contribution in [0.4, 0.5) is 11.4 Å². The first kappa shape index (κ1) is 13.8. The van der Waals surface area contributed by atoms with Crippen LogP contribution in [0.15, 0.2) is 12.1 Å². The van der Waals surface area contributed by atoms with Crippen LogP contribution in [-0.2, 0) is 0 Å². The Balaban J connectivity index is 2.01. The van der Waals surface area contributed by atoms with E-state index in [2.05, 4.69) is 17.3 Å². The molecule has 1 fully saturated rings. The van der Waals surface area contributed by atoms with E-state index >= 15 is 0 Å². The van der Waals surface area contributed by atoms with Gasteiger partial charge in [-0.3, -0.25) is 0 Å². The molecule has 2 rings (SSSR count). The third kappa shape index (κ3) is 3.22. The van der Waals surface area contributed by atoms with Crippen molar-refractivity contribution >= 4 is 34.6 Å². The molecule has 0 saturated carbocycles. The number of rotatable bonds is 3. The van der Waals surface area contributed by atoms with Crippen molar-refractivity contribution < 1.29 is 0 Å². The number of hydrogen-bond acceptors (Lipinski definition) is 3. The van der Waals surface area contributed by atoms with Gasteiger partial charge in [0.2, 0.25) is 0 Å². The van der Waals surface area contributed by atoms with E-state index < -0.39 is 0 Å². The van der Waals surface area contributed by atoms with E-state index in [0.29, 0.717) is 21.8 Å². The van der Waals surface area contributed by atoms with Crippen molar-refractivity contribution in [2.45, 2.75) is 25.3 Å². The topological polar surface area (TPSA) is 41.3 Å². The van der Waals surface area contributed by atoms with Gasteiger partial charge in [-0.2, -0.15) is 0 Å². The zero-order valence-electron chi connectivity index (χ0n) is 10.5. The summed E-state index contributed by atoms with van der Waals surface area (Å²) in [7, 11) is 2.16. The molecule has 0 amide bonds. The van der Waals surface area contributed by atoms with Crippen LogP contribution in [0, 0.1) is 0 Å². The van der Waals surface area contributed by atoms with Crippen LogP contribution < -0.4 is 11.1 Å². The maximum absolute atomic E-state index is 6.15. The minimum atomic E-state index is 0.545. The quantitative estimate of drug-likeness (QED) is 0.837. The molecule has 0 bridgehead atoms. The second kappa shape index (κ2) is 6.00. The molecule has 100 valence electrons. The molecule has 0 radical (unpaired) electrons. The van der Waals surface area contributed by atoms with Gasteiger partial charge in [-0.15, -0.1) is 0 Å². The molecule has 1 aliphatic rings. The second-order valence-electron chi connectivity index (χ2n) is 4.87. The Kier molecular flexibility index (Phi) is 4.60. The summed E-state index contributed by atoms with van der Waals surface area (Å²) in [5.74, 6) is 0. The lowest BCUT2D eigenvalue weighted by atomic mass is 10.0. The zero-order valence-corrected chi connectivity index (χ0v) is 12.1. The maximum Gasteiger partial charge on any atom is 0.0721 e. The number of nitrogens with two attached hydrogens (primary N) is 1. The van der Waals surface area contributed by atoms with Crippen LogP contribution in [0.1, 0.15) is 19.3 Å². The van der Waals surface area contributed by atoms with Gasteiger partial charge in [0.15, 0.2) is 0 Å². The van der Waals surface area contributed by atoms with Crippen molar-refractivity contribution in [3.63, 3.8) is 0 Å². The smallest absolute Gasteiger partial charge is 0.0721 e. The molecule has 3 nitrogen and oxygen atoms in total. The van der Waals surface area contributed by atoms with Crippen molar-refractivity contribution in [1.82, 2.24) is 4.90 Å². The molecule has 1 saturated heterocycles. The highest BCUT2D eigenvalue weighted by atomic mass is 35.5. The Morgan fingerprint density at radius 1 is 1.33 bits per heavy atom. The number of likely N-dealkylation sites (tertiary alicyclic amines) is 1. The van der Waals surface area contributed by atoms with Gasteiger partial charge in [0, 0.05) is 18.3 Å². The molecule has 5 heteroatoms. The monoisotopic (exact) mass is 287 g/mol. The first-order valence-electron chi connectivity index (χ1n) is 6.26. The highest BCUT2D eigenvalue weighted by Gasteiger charge is 2.19. The molecule has 1 aliphatic heterocycles. The molecule has 1 atom stereocenters. The van der Waals surface area contributed by atoms with Gasteiger partial charge in [0.05, 0.1) is 15.7 Å². The summed E-state index contributed by atoms with van der Waals surface area (Å²) in [5.41, 5.74) is 7.06. The number of nitrogen functional groups attached to an aromatic ring is 1. The van der Waals surface area contributed by atoms with E-state index in [1.165, 1.54) is 19.3 Å². The van der Waals surface area contributed by atoms with Crippen molar-refractivity contribution in [3.05, 3.63) is 22.2 Å². The predicted molar refractivity (Wildman–Crippen MR) is 79.6 cm³/mol. The van der Waals surface area contributed by atoms with Crippen LogP contribution in [0.5, 0.6) is 0 Å². The minimum absolute atomic E-state index is 0.545. The maximum atomic E-state index is 6.15. The largest absolute Gasteiger partial charge is 0.399 e. The zero-order chi connectivity index (χ0) is 13.1. The second-order valence-corrected chi connectivity index (χ2v) is 5.69. The number of halogens is 2. The Morgan fingerprint density at radius 2 is 2.00 bits per heavy atom. The van der Waals surface area contributed by atoms with Gasteiger partial charge < -0.3 is 16.0 Å². The molecular formula is C13H19Cl2N3. The van der Waals surface area contributed by atoms with Gasteiger partial charge >= 0.3 is 0 Å². The fourth-order valence-corrected chi connectivity index (χ4v) is 3.02.